The van der Waals surface area contributed by atoms with Gasteiger partial charge in [0.1, 0.15) is 11.5 Å². The molecule has 2 aliphatic heterocycles. The van der Waals surface area contributed by atoms with Crippen LogP contribution in [0.15, 0.2) is 16.5 Å². The van der Waals surface area contributed by atoms with Crippen molar-refractivity contribution in [1.29, 1.82) is 0 Å². The summed E-state index contributed by atoms with van der Waals surface area (Å²) in [7, 11) is 0. The van der Waals surface area contributed by atoms with Crippen LogP contribution in [0.1, 0.15) is 43.7 Å². The lowest BCUT2D eigenvalue weighted by Crippen LogP contribution is -2.49. The number of hydrogen-bond donors (Lipinski definition) is 1. The minimum Gasteiger partial charge on any atom is -0.465 e. The first-order valence-corrected chi connectivity index (χ1v) is 7.38. The number of rotatable bonds is 4. The number of hydrogen-bond acceptors (Lipinski definition) is 4. The zero-order chi connectivity index (χ0) is 13.4. The van der Waals surface area contributed by atoms with Gasteiger partial charge in [-0.2, -0.15) is 0 Å². The molecule has 1 aromatic rings. The highest BCUT2D eigenvalue weighted by Crippen LogP contribution is 2.34. The monoisotopic (exact) mass is 264 g/mol. The Hall–Kier alpha value is -0.840. The summed E-state index contributed by atoms with van der Waals surface area (Å²) in [6, 6.07) is 4.40. The van der Waals surface area contributed by atoms with E-state index < -0.39 is 0 Å². The molecule has 2 N–H and O–H groups in total. The van der Waals surface area contributed by atoms with Crippen molar-refractivity contribution in [1.82, 2.24) is 4.90 Å². The zero-order valence-electron chi connectivity index (χ0n) is 11.8. The van der Waals surface area contributed by atoms with Crippen molar-refractivity contribution in [3.8, 4) is 0 Å². The lowest BCUT2D eigenvalue weighted by Gasteiger charge is -2.39. The first-order chi connectivity index (χ1) is 9.17. The van der Waals surface area contributed by atoms with Crippen LogP contribution in [0.2, 0.25) is 0 Å². The maximum Gasteiger partial charge on any atom is 0.122 e. The van der Waals surface area contributed by atoms with Gasteiger partial charge in [-0.05, 0) is 38.3 Å². The van der Waals surface area contributed by atoms with Crippen LogP contribution >= 0.6 is 0 Å². The Morgan fingerprint density at radius 1 is 1.32 bits per heavy atom. The SMILES string of the molecule is CCC(N)C(c1ccc(C)o1)N1CC2CCC(C1)O2. The molecule has 1 aromatic heterocycles. The number of nitrogens with zero attached hydrogens (tertiary/aromatic N) is 1. The van der Waals surface area contributed by atoms with E-state index in [0.29, 0.717) is 12.2 Å². The number of aryl methyl sites for hydroxylation is 1. The van der Waals surface area contributed by atoms with Gasteiger partial charge in [-0.15, -0.1) is 0 Å². The first-order valence-electron chi connectivity index (χ1n) is 7.38. The van der Waals surface area contributed by atoms with Gasteiger partial charge in [0, 0.05) is 19.1 Å². The van der Waals surface area contributed by atoms with Crippen molar-refractivity contribution < 1.29 is 9.15 Å². The zero-order valence-corrected chi connectivity index (χ0v) is 11.8. The van der Waals surface area contributed by atoms with E-state index >= 15 is 0 Å². The van der Waals surface area contributed by atoms with E-state index in [1.807, 2.05) is 13.0 Å². The highest BCUT2D eigenvalue weighted by Gasteiger charge is 2.39. The van der Waals surface area contributed by atoms with Gasteiger partial charge in [0.2, 0.25) is 0 Å². The summed E-state index contributed by atoms with van der Waals surface area (Å²) >= 11 is 0. The molecule has 0 saturated carbocycles. The molecule has 0 aliphatic carbocycles. The Labute approximate surface area is 114 Å². The number of morpholine rings is 1. The van der Waals surface area contributed by atoms with Crippen molar-refractivity contribution in [2.24, 2.45) is 5.73 Å². The van der Waals surface area contributed by atoms with E-state index in [4.69, 9.17) is 14.9 Å². The van der Waals surface area contributed by atoms with Crippen LogP contribution in [0.4, 0.5) is 0 Å². The summed E-state index contributed by atoms with van der Waals surface area (Å²) in [4.78, 5) is 2.47. The van der Waals surface area contributed by atoms with Gasteiger partial charge in [0.15, 0.2) is 0 Å². The average Bonchev–Trinajstić information content (AvgIpc) is 2.96. The third kappa shape index (κ3) is 2.57. The summed E-state index contributed by atoms with van der Waals surface area (Å²) in [6.45, 7) is 6.09. The number of nitrogens with two attached hydrogens (primary N) is 1. The second-order valence-electron chi connectivity index (χ2n) is 5.88. The van der Waals surface area contributed by atoms with Gasteiger partial charge in [0.05, 0.1) is 18.2 Å². The molecule has 106 valence electrons. The molecule has 2 saturated heterocycles. The molecule has 0 radical (unpaired) electrons. The minimum absolute atomic E-state index is 0.114. The topological polar surface area (TPSA) is 51.6 Å². The Kier molecular flexibility index (Phi) is 3.65. The predicted molar refractivity (Wildman–Crippen MR) is 73.9 cm³/mol. The molecule has 4 unspecified atom stereocenters. The molecular formula is C15H24N2O2. The van der Waals surface area contributed by atoms with Crippen molar-refractivity contribution in [2.75, 3.05) is 13.1 Å². The number of ether oxygens (including phenoxy) is 1. The minimum atomic E-state index is 0.114. The van der Waals surface area contributed by atoms with Crippen LogP contribution < -0.4 is 5.73 Å². The molecule has 2 bridgehead atoms. The fraction of sp³-hybridized carbons (Fsp3) is 0.733. The fourth-order valence-corrected chi connectivity index (χ4v) is 3.37. The van der Waals surface area contributed by atoms with Gasteiger partial charge >= 0.3 is 0 Å². The molecule has 4 atom stereocenters. The van der Waals surface area contributed by atoms with E-state index in [1.165, 1.54) is 12.8 Å². The van der Waals surface area contributed by atoms with Gasteiger partial charge in [-0.1, -0.05) is 6.92 Å². The number of furan rings is 1. The lowest BCUT2D eigenvalue weighted by molar-refractivity contribution is -0.0598. The summed E-state index contributed by atoms with van der Waals surface area (Å²) in [5, 5.41) is 0. The Bertz CT molecular complexity index is 420. The van der Waals surface area contributed by atoms with E-state index in [0.717, 1.165) is 31.0 Å². The predicted octanol–water partition coefficient (Wildman–Crippen LogP) is 2.23. The van der Waals surface area contributed by atoms with Crippen molar-refractivity contribution >= 4 is 0 Å². The van der Waals surface area contributed by atoms with Gasteiger partial charge in [-0.25, -0.2) is 0 Å². The van der Waals surface area contributed by atoms with Crippen LogP contribution in [0.25, 0.3) is 0 Å². The van der Waals surface area contributed by atoms with Crippen molar-refractivity contribution in [2.45, 2.75) is 57.4 Å². The maximum atomic E-state index is 6.36. The average molecular weight is 264 g/mol. The van der Waals surface area contributed by atoms with E-state index in [1.54, 1.807) is 0 Å². The Morgan fingerprint density at radius 3 is 2.53 bits per heavy atom. The quantitative estimate of drug-likeness (QED) is 0.906. The van der Waals surface area contributed by atoms with Crippen LogP contribution in [0.3, 0.4) is 0 Å². The fourth-order valence-electron chi connectivity index (χ4n) is 3.37. The third-order valence-corrected chi connectivity index (χ3v) is 4.39. The van der Waals surface area contributed by atoms with E-state index in [2.05, 4.69) is 17.9 Å². The molecule has 19 heavy (non-hydrogen) atoms. The summed E-state index contributed by atoms with van der Waals surface area (Å²) in [5.41, 5.74) is 6.36. The van der Waals surface area contributed by atoms with Crippen molar-refractivity contribution in [3.05, 3.63) is 23.7 Å². The number of likely N-dealkylation sites (tertiary alicyclic amines) is 1. The van der Waals surface area contributed by atoms with Crippen LogP contribution in [0, 0.1) is 6.92 Å². The van der Waals surface area contributed by atoms with E-state index in [9.17, 15) is 0 Å². The molecule has 0 amide bonds. The summed E-state index contributed by atoms with van der Waals surface area (Å²) in [5.74, 6) is 1.97. The first kappa shape index (κ1) is 13.2. The third-order valence-electron chi connectivity index (χ3n) is 4.39. The van der Waals surface area contributed by atoms with Crippen LogP contribution in [0.5, 0.6) is 0 Å². The second kappa shape index (κ2) is 5.27. The molecule has 2 fully saturated rings. The second-order valence-corrected chi connectivity index (χ2v) is 5.88. The molecule has 3 heterocycles. The summed E-state index contributed by atoms with van der Waals surface area (Å²) in [6.07, 6.45) is 4.11. The van der Waals surface area contributed by atoms with Gasteiger partial charge < -0.3 is 14.9 Å². The van der Waals surface area contributed by atoms with Crippen molar-refractivity contribution in [3.63, 3.8) is 0 Å². The van der Waals surface area contributed by atoms with Crippen LogP contribution in [-0.4, -0.2) is 36.2 Å². The van der Waals surface area contributed by atoms with Crippen LogP contribution in [-0.2, 0) is 4.74 Å². The highest BCUT2D eigenvalue weighted by molar-refractivity contribution is 5.13. The van der Waals surface area contributed by atoms with E-state index in [-0.39, 0.29) is 12.1 Å². The molecule has 0 spiro atoms. The maximum absolute atomic E-state index is 6.36. The number of fused-ring (bicyclic) bond motifs is 2. The highest BCUT2D eigenvalue weighted by atomic mass is 16.5. The molecule has 3 rings (SSSR count). The Morgan fingerprint density at radius 2 is 2.00 bits per heavy atom. The largest absolute Gasteiger partial charge is 0.465 e. The Balaban J connectivity index is 1.83. The lowest BCUT2D eigenvalue weighted by atomic mass is 10.0. The smallest absolute Gasteiger partial charge is 0.122 e. The standard InChI is InChI=1S/C15H24N2O2/c1-3-13(16)15(14-7-4-10(2)18-14)17-8-11-5-6-12(9-17)19-11/h4,7,11-13,15H,3,5-6,8-9,16H2,1-2H3. The molecule has 0 aromatic carbocycles. The molecule has 4 heteroatoms. The summed E-state index contributed by atoms with van der Waals surface area (Å²) < 4.78 is 11.8. The molecule has 4 nitrogen and oxygen atoms in total. The van der Waals surface area contributed by atoms with Gasteiger partial charge in [0.25, 0.3) is 0 Å². The van der Waals surface area contributed by atoms with Gasteiger partial charge in [-0.3, -0.25) is 4.90 Å². The normalized spacial score (nSPS) is 30.5. The molecular weight excluding hydrogens is 240 g/mol. The molecule has 2 aliphatic rings.